The lowest BCUT2D eigenvalue weighted by Crippen LogP contribution is -2.28. The van der Waals surface area contributed by atoms with Gasteiger partial charge in [0, 0.05) is 0 Å². The summed E-state index contributed by atoms with van der Waals surface area (Å²) in [5.41, 5.74) is 0. The Morgan fingerprint density at radius 2 is 1.93 bits per heavy atom. The van der Waals surface area contributed by atoms with Crippen molar-refractivity contribution in [3.05, 3.63) is 29.0 Å². The van der Waals surface area contributed by atoms with E-state index >= 15 is 0 Å². The lowest BCUT2D eigenvalue weighted by atomic mass is 10.3. The Bertz CT molecular complexity index is 368. The number of ether oxygens (including phenoxy) is 1. The number of alkyl halides is 3. The van der Waals surface area contributed by atoms with E-state index in [0.717, 1.165) is 12.1 Å². The molecule has 0 spiro atoms. The van der Waals surface area contributed by atoms with Gasteiger partial charge in [0.05, 0.1) is 5.02 Å². The summed E-state index contributed by atoms with van der Waals surface area (Å²) in [5, 5.41) is -0.410. The first kappa shape index (κ1) is 11.8. The minimum Gasteiger partial charge on any atom is -0.415 e. The van der Waals surface area contributed by atoms with Crippen LogP contribution in [0.2, 0.25) is 5.02 Å². The molecule has 0 aliphatic heterocycles. The molecule has 0 radical (unpaired) electrons. The summed E-state index contributed by atoms with van der Waals surface area (Å²) >= 11 is 5.34. The van der Waals surface area contributed by atoms with Crippen molar-refractivity contribution >= 4 is 17.6 Å². The third-order valence-corrected chi connectivity index (χ3v) is 1.64. The van der Waals surface area contributed by atoms with Crippen LogP contribution in [0.5, 0.6) is 5.75 Å². The molecule has 15 heavy (non-hydrogen) atoms. The molecule has 82 valence electrons. The Hall–Kier alpha value is -1.30. The Morgan fingerprint density at radius 1 is 1.33 bits per heavy atom. The zero-order valence-electron chi connectivity index (χ0n) is 6.94. The molecule has 2 nitrogen and oxygen atoms in total. The predicted molar refractivity (Wildman–Crippen MR) is 43.1 cm³/mol. The fourth-order valence-electron chi connectivity index (χ4n) is 0.731. The molecular weight excluding hydrogens is 240 g/mol. The highest BCUT2D eigenvalue weighted by molar-refractivity contribution is 6.32. The second-order valence-electron chi connectivity index (χ2n) is 2.44. The van der Waals surface area contributed by atoms with Crippen LogP contribution in [-0.4, -0.2) is 12.1 Å². The number of halogens is 5. The molecule has 0 saturated carbocycles. The molecule has 0 heterocycles. The number of carbonyl (C=O) groups excluding carboxylic acids is 1. The zero-order valence-corrected chi connectivity index (χ0v) is 7.69. The predicted octanol–water partition coefficient (Wildman–Crippen LogP) is 2.95. The Balaban J connectivity index is 2.95. The van der Waals surface area contributed by atoms with E-state index in [9.17, 15) is 22.4 Å². The average Bonchev–Trinajstić information content (AvgIpc) is 2.09. The zero-order chi connectivity index (χ0) is 11.6. The van der Waals surface area contributed by atoms with E-state index in [2.05, 4.69) is 4.74 Å². The van der Waals surface area contributed by atoms with Crippen molar-refractivity contribution in [3.63, 3.8) is 0 Å². The van der Waals surface area contributed by atoms with Crippen molar-refractivity contribution in [3.8, 4) is 5.75 Å². The summed E-state index contributed by atoms with van der Waals surface area (Å²) < 4.78 is 51.9. The molecule has 0 aliphatic rings. The number of benzene rings is 1. The van der Waals surface area contributed by atoms with Crippen LogP contribution in [0.25, 0.3) is 0 Å². The van der Waals surface area contributed by atoms with E-state index in [1.165, 1.54) is 6.07 Å². The summed E-state index contributed by atoms with van der Waals surface area (Å²) in [5.74, 6) is -4.59. The molecule has 1 aromatic rings. The highest BCUT2D eigenvalue weighted by Gasteiger charge is 2.42. The standard InChI is InChI=1S/C8H3ClF4O2/c9-4-2-1-3-5(10)6(4)15-7(14)8(11,12)13/h1-3H. The van der Waals surface area contributed by atoms with Crippen LogP contribution in [-0.2, 0) is 4.79 Å². The minimum absolute atomic E-state index is 0.410. The molecule has 0 atom stereocenters. The molecule has 1 rings (SSSR count). The minimum atomic E-state index is -5.19. The first-order valence-electron chi connectivity index (χ1n) is 3.55. The first-order chi connectivity index (χ1) is 6.82. The third-order valence-electron chi connectivity index (χ3n) is 1.35. The highest BCUT2D eigenvalue weighted by atomic mass is 35.5. The lowest BCUT2D eigenvalue weighted by molar-refractivity contribution is -0.189. The number of hydrogen-bond donors (Lipinski definition) is 0. The molecule has 0 saturated heterocycles. The number of rotatable bonds is 1. The quantitative estimate of drug-likeness (QED) is 0.430. The van der Waals surface area contributed by atoms with Gasteiger partial charge in [-0.2, -0.15) is 13.2 Å². The number of esters is 1. The topological polar surface area (TPSA) is 26.3 Å². The lowest BCUT2D eigenvalue weighted by Gasteiger charge is -2.08. The summed E-state index contributed by atoms with van der Waals surface area (Å²) in [7, 11) is 0. The van der Waals surface area contributed by atoms with Gasteiger partial charge in [-0.05, 0) is 12.1 Å². The van der Waals surface area contributed by atoms with E-state index in [1.54, 1.807) is 0 Å². The van der Waals surface area contributed by atoms with Crippen LogP contribution < -0.4 is 4.74 Å². The Labute approximate surface area is 86.4 Å². The van der Waals surface area contributed by atoms with Crippen LogP contribution in [0.3, 0.4) is 0 Å². The van der Waals surface area contributed by atoms with Crippen LogP contribution >= 0.6 is 11.6 Å². The molecule has 0 amide bonds. The van der Waals surface area contributed by atoms with Crippen molar-refractivity contribution in [2.75, 3.05) is 0 Å². The van der Waals surface area contributed by atoms with Gasteiger partial charge in [-0.3, -0.25) is 0 Å². The second-order valence-corrected chi connectivity index (χ2v) is 2.85. The molecule has 0 unspecified atom stereocenters. The van der Waals surface area contributed by atoms with Gasteiger partial charge >= 0.3 is 12.1 Å². The van der Waals surface area contributed by atoms with Gasteiger partial charge in [-0.1, -0.05) is 17.7 Å². The molecule has 1 aromatic carbocycles. The summed E-state index contributed by atoms with van der Waals surface area (Å²) in [6.45, 7) is 0. The maximum Gasteiger partial charge on any atom is 0.491 e. The van der Waals surface area contributed by atoms with E-state index in [4.69, 9.17) is 11.6 Å². The Kier molecular flexibility index (Phi) is 3.18. The van der Waals surface area contributed by atoms with E-state index < -0.39 is 28.7 Å². The number of hydrogen-bond acceptors (Lipinski definition) is 2. The molecule has 0 N–H and O–H groups in total. The van der Waals surface area contributed by atoms with Gasteiger partial charge in [-0.25, -0.2) is 9.18 Å². The summed E-state index contributed by atoms with van der Waals surface area (Å²) in [6.07, 6.45) is -5.19. The van der Waals surface area contributed by atoms with Gasteiger partial charge in [-0.15, -0.1) is 0 Å². The SMILES string of the molecule is O=C(Oc1c(F)cccc1Cl)C(F)(F)F. The van der Waals surface area contributed by atoms with Crippen LogP contribution in [0.4, 0.5) is 17.6 Å². The van der Waals surface area contributed by atoms with Crippen molar-refractivity contribution < 1.29 is 27.1 Å². The van der Waals surface area contributed by atoms with Gasteiger partial charge < -0.3 is 4.74 Å². The summed E-state index contributed by atoms with van der Waals surface area (Å²) in [6, 6.07) is 3.09. The maximum atomic E-state index is 12.9. The van der Waals surface area contributed by atoms with Crippen molar-refractivity contribution in [2.24, 2.45) is 0 Å². The number of carbonyl (C=O) groups is 1. The van der Waals surface area contributed by atoms with Gasteiger partial charge in [0.25, 0.3) is 0 Å². The van der Waals surface area contributed by atoms with E-state index in [-0.39, 0.29) is 0 Å². The van der Waals surface area contributed by atoms with E-state index in [0.29, 0.717) is 0 Å². The molecule has 0 aliphatic carbocycles. The van der Waals surface area contributed by atoms with Gasteiger partial charge in [0.1, 0.15) is 0 Å². The highest BCUT2D eigenvalue weighted by Crippen LogP contribution is 2.29. The molecule has 0 aromatic heterocycles. The average molecular weight is 243 g/mol. The van der Waals surface area contributed by atoms with Crippen LogP contribution in [0, 0.1) is 5.82 Å². The van der Waals surface area contributed by atoms with Gasteiger partial charge in [0.15, 0.2) is 11.6 Å². The fourth-order valence-corrected chi connectivity index (χ4v) is 0.932. The number of para-hydroxylation sites is 1. The summed E-state index contributed by atoms with van der Waals surface area (Å²) in [4.78, 5) is 10.4. The maximum absolute atomic E-state index is 12.9. The molecule has 0 bridgehead atoms. The van der Waals surface area contributed by atoms with Gasteiger partial charge in [0.2, 0.25) is 0 Å². The monoisotopic (exact) mass is 242 g/mol. The van der Waals surface area contributed by atoms with Crippen molar-refractivity contribution in [2.45, 2.75) is 6.18 Å². The van der Waals surface area contributed by atoms with Crippen LogP contribution in [0.1, 0.15) is 0 Å². The van der Waals surface area contributed by atoms with Crippen LogP contribution in [0.15, 0.2) is 18.2 Å². The molecule has 0 fully saturated rings. The smallest absolute Gasteiger partial charge is 0.415 e. The van der Waals surface area contributed by atoms with E-state index in [1.807, 2.05) is 0 Å². The molecular formula is C8H3ClF4O2. The molecule has 7 heteroatoms. The fraction of sp³-hybridized carbons (Fsp3) is 0.125. The Morgan fingerprint density at radius 3 is 2.40 bits per heavy atom. The normalized spacial score (nSPS) is 11.3. The second kappa shape index (κ2) is 4.06. The largest absolute Gasteiger partial charge is 0.491 e. The van der Waals surface area contributed by atoms with Crippen molar-refractivity contribution in [1.29, 1.82) is 0 Å². The third kappa shape index (κ3) is 2.82. The first-order valence-corrected chi connectivity index (χ1v) is 3.93. The van der Waals surface area contributed by atoms with Crippen molar-refractivity contribution in [1.82, 2.24) is 0 Å².